The third kappa shape index (κ3) is 2.82. The first-order valence-electron chi connectivity index (χ1n) is 7.11. The number of nitrogens with one attached hydrogen (secondary N) is 2. The molecule has 0 aliphatic carbocycles. The van der Waals surface area contributed by atoms with E-state index in [0.717, 1.165) is 36.8 Å². The van der Waals surface area contributed by atoms with Crippen molar-refractivity contribution in [1.82, 2.24) is 19.9 Å². The zero-order chi connectivity index (χ0) is 13.9. The van der Waals surface area contributed by atoms with Crippen molar-refractivity contribution in [2.24, 2.45) is 0 Å². The van der Waals surface area contributed by atoms with E-state index in [-0.39, 0.29) is 0 Å². The predicted molar refractivity (Wildman–Crippen MR) is 79.7 cm³/mol. The van der Waals surface area contributed by atoms with Crippen LogP contribution in [0.5, 0.6) is 0 Å². The Balaban J connectivity index is 1.69. The molecule has 1 fully saturated rings. The topological polar surface area (TPSA) is 56.8 Å². The molecule has 5 heteroatoms. The predicted octanol–water partition coefficient (Wildman–Crippen LogP) is 2.14. The minimum atomic E-state index is 0.525. The molecule has 2 aromatic heterocycles. The molecule has 0 aromatic carbocycles. The van der Waals surface area contributed by atoms with Crippen molar-refractivity contribution < 1.29 is 0 Å². The number of anilines is 1. The summed E-state index contributed by atoms with van der Waals surface area (Å²) in [5.74, 6) is 1.57. The molecule has 1 saturated heterocycles. The maximum Gasteiger partial charge on any atom is 0.120 e. The number of likely N-dealkylation sites (tertiary alicyclic amines) is 1. The summed E-state index contributed by atoms with van der Waals surface area (Å²) in [4.78, 5) is 14.6. The van der Waals surface area contributed by atoms with Crippen LogP contribution >= 0.6 is 0 Å². The van der Waals surface area contributed by atoms with Crippen LogP contribution < -0.4 is 5.32 Å². The van der Waals surface area contributed by atoms with E-state index in [1.54, 1.807) is 0 Å². The Kier molecular flexibility index (Phi) is 3.69. The Labute approximate surface area is 119 Å². The fourth-order valence-electron chi connectivity index (χ4n) is 2.86. The van der Waals surface area contributed by atoms with Crippen molar-refractivity contribution in [1.29, 1.82) is 0 Å². The Morgan fingerprint density at radius 3 is 3.10 bits per heavy atom. The van der Waals surface area contributed by atoms with Crippen LogP contribution in [0.1, 0.15) is 29.6 Å². The van der Waals surface area contributed by atoms with Crippen LogP contribution in [0.15, 0.2) is 24.5 Å². The highest BCUT2D eigenvalue weighted by molar-refractivity contribution is 5.45. The number of aromatic amines is 1. The molecule has 0 saturated carbocycles. The van der Waals surface area contributed by atoms with Crippen molar-refractivity contribution in [3.05, 3.63) is 41.7 Å². The standard InChI is InChI=1S/C15H21N5/c1-11-7-13(16-2)8-14(19-11)12-3-6-20(9-12)10-15-17-4-5-18-15/h4-5,7-8,12H,3,6,9-10H2,1-2H3,(H,16,19)(H,17,18)/t12-/m0/s1. The van der Waals surface area contributed by atoms with Crippen LogP contribution in [0.25, 0.3) is 0 Å². The van der Waals surface area contributed by atoms with Gasteiger partial charge in [0, 0.05) is 49.0 Å². The van der Waals surface area contributed by atoms with E-state index in [1.165, 1.54) is 12.1 Å². The number of pyridine rings is 1. The largest absolute Gasteiger partial charge is 0.388 e. The molecule has 3 heterocycles. The lowest BCUT2D eigenvalue weighted by atomic mass is 10.0. The van der Waals surface area contributed by atoms with Crippen LogP contribution in [0, 0.1) is 6.92 Å². The van der Waals surface area contributed by atoms with Gasteiger partial charge in [-0.1, -0.05) is 0 Å². The maximum atomic E-state index is 4.71. The molecule has 2 aromatic rings. The molecule has 0 unspecified atom stereocenters. The average Bonchev–Trinajstić information content (AvgIpc) is 3.10. The second-order valence-electron chi connectivity index (χ2n) is 5.43. The van der Waals surface area contributed by atoms with Crippen molar-refractivity contribution in [3.63, 3.8) is 0 Å². The van der Waals surface area contributed by atoms with E-state index >= 15 is 0 Å². The summed E-state index contributed by atoms with van der Waals surface area (Å²) in [6.45, 7) is 5.12. The molecule has 0 bridgehead atoms. The summed E-state index contributed by atoms with van der Waals surface area (Å²) in [5, 5.41) is 3.21. The minimum Gasteiger partial charge on any atom is -0.388 e. The molecular weight excluding hydrogens is 250 g/mol. The second-order valence-corrected chi connectivity index (χ2v) is 5.43. The van der Waals surface area contributed by atoms with Crippen LogP contribution in [-0.4, -0.2) is 40.0 Å². The smallest absolute Gasteiger partial charge is 0.120 e. The summed E-state index contributed by atoms with van der Waals surface area (Å²) in [7, 11) is 1.95. The Morgan fingerprint density at radius 2 is 2.35 bits per heavy atom. The van der Waals surface area contributed by atoms with Gasteiger partial charge in [-0.15, -0.1) is 0 Å². The fourth-order valence-corrected chi connectivity index (χ4v) is 2.86. The quantitative estimate of drug-likeness (QED) is 0.894. The summed E-state index contributed by atoms with van der Waals surface area (Å²) in [6.07, 6.45) is 4.86. The summed E-state index contributed by atoms with van der Waals surface area (Å²) < 4.78 is 0. The molecule has 1 aliphatic rings. The SMILES string of the molecule is CNc1cc(C)nc([C@H]2CCN(Cc3ncc[nH]3)C2)c1. The molecule has 2 N–H and O–H groups in total. The summed E-state index contributed by atoms with van der Waals surface area (Å²) >= 11 is 0. The number of imidazole rings is 1. The van der Waals surface area contributed by atoms with Gasteiger partial charge in [-0.3, -0.25) is 9.88 Å². The number of H-pyrrole nitrogens is 1. The van der Waals surface area contributed by atoms with Crippen LogP contribution in [-0.2, 0) is 6.54 Å². The van der Waals surface area contributed by atoms with E-state index in [2.05, 4.69) is 39.2 Å². The lowest BCUT2D eigenvalue weighted by molar-refractivity contribution is 0.318. The monoisotopic (exact) mass is 271 g/mol. The molecule has 0 amide bonds. The molecule has 1 atom stereocenters. The van der Waals surface area contributed by atoms with Gasteiger partial charge in [0.15, 0.2) is 0 Å². The average molecular weight is 271 g/mol. The Bertz CT molecular complexity index is 564. The first-order valence-corrected chi connectivity index (χ1v) is 7.11. The van der Waals surface area contributed by atoms with Gasteiger partial charge in [-0.25, -0.2) is 4.98 Å². The van der Waals surface area contributed by atoms with Crippen molar-refractivity contribution in [3.8, 4) is 0 Å². The highest BCUT2D eigenvalue weighted by atomic mass is 15.2. The molecule has 0 radical (unpaired) electrons. The number of aryl methyl sites for hydroxylation is 1. The molecule has 106 valence electrons. The Hall–Kier alpha value is -1.88. The minimum absolute atomic E-state index is 0.525. The second kappa shape index (κ2) is 5.63. The summed E-state index contributed by atoms with van der Waals surface area (Å²) in [6, 6.07) is 4.26. The van der Waals surface area contributed by atoms with Crippen LogP contribution in [0.2, 0.25) is 0 Å². The van der Waals surface area contributed by atoms with Gasteiger partial charge >= 0.3 is 0 Å². The molecule has 0 spiro atoms. The van der Waals surface area contributed by atoms with Crippen molar-refractivity contribution in [2.75, 3.05) is 25.5 Å². The third-order valence-electron chi connectivity index (χ3n) is 3.88. The molecular formula is C15H21N5. The molecule has 20 heavy (non-hydrogen) atoms. The van der Waals surface area contributed by atoms with Crippen LogP contribution in [0.3, 0.4) is 0 Å². The molecule has 3 rings (SSSR count). The van der Waals surface area contributed by atoms with Gasteiger partial charge in [0.2, 0.25) is 0 Å². The maximum absolute atomic E-state index is 4.71. The van der Waals surface area contributed by atoms with Crippen molar-refractivity contribution in [2.45, 2.75) is 25.8 Å². The molecule has 5 nitrogen and oxygen atoms in total. The third-order valence-corrected chi connectivity index (χ3v) is 3.88. The van der Waals surface area contributed by atoms with E-state index in [9.17, 15) is 0 Å². The van der Waals surface area contributed by atoms with E-state index < -0.39 is 0 Å². The normalized spacial score (nSPS) is 19.4. The van der Waals surface area contributed by atoms with Gasteiger partial charge in [0.05, 0.1) is 6.54 Å². The number of rotatable bonds is 4. The van der Waals surface area contributed by atoms with Crippen LogP contribution in [0.4, 0.5) is 5.69 Å². The zero-order valence-corrected chi connectivity index (χ0v) is 12.1. The summed E-state index contributed by atoms with van der Waals surface area (Å²) in [5.41, 5.74) is 3.43. The van der Waals surface area contributed by atoms with Gasteiger partial charge in [-0.2, -0.15) is 0 Å². The van der Waals surface area contributed by atoms with Gasteiger partial charge in [-0.05, 0) is 32.0 Å². The van der Waals surface area contributed by atoms with Gasteiger partial charge in [0.1, 0.15) is 5.82 Å². The van der Waals surface area contributed by atoms with E-state index in [0.29, 0.717) is 5.92 Å². The van der Waals surface area contributed by atoms with E-state index in [1.807, 2.05) is 19.4 Å². The number of hydrogen-bond acceptors (Lipinski definition) is 4. The van der Waals surface area contributed by atoms with E-state index in [4.69, 9.17) is 4.98 Å². The number of nitrogens with zero attached hydrogens (tertiary/aromatic N) is 3. The highest BCUT2D eigenvalue weighted by Gasteiger charge is 2.25. The highest BCUT2D eigenvalue weighted by Crippen LogP contribution is 2.28. The zero-order valence-electron chi connectivity index (χ0n) is 12.1. The lowest BCUT2D eigenvalue weighted by Gasteiger charge is -2.15. The number of hydrogen-bond donors (Lipinski definition) is 2. The first kappa shape index (κ1) is 13.1. The lowest BCUT2D eigenvalue weighted by Crippen LogP contribution is -2.20. The van der Waals surface area contributed by atoms with Gasteiger partial charge < -0.3 is 10.3 Å². The fraction of sp³-hybridized carbons (Fsp3) is 0.467. The molecule has 1 aliphatic heterocycles. The Morgan fingerprint density at radius 1 is 1.45 bits per heavy atom. The van der Waals surface area contributed by atoms with Crippen molar-refractivity contribution >= 4 is 5.69 Å². The first-order chi connectivity index (χ1) is 9.74. The number of aromatic nitrogens is 3. The van der Waals surface area contributed by atoms with Gasteiger partial charge in [0.25, 0.3) is 0 Å².